The Balaban J connectivity index is 2.11. The van der Waals surface area contributed by atoms with Gasteiger partial charge < -0.3 is 4.90 Å². The van der Waals surface area contributed by atoms with Gasteiger partial charge in [-0.05, 0) is 26.0 Å². The third-order valence-corrected chi connectivity index (χ3v) is 3.54. The summed E-state index contributed by atoms with van der Waals surface area (Å²) in [5.74, 6) is 5.30. The zero-order valence-corrected chi connectivity index (χ0v) is 11.4. The zero-order valence-electron chi connectivity index (χ0n) is 10.6. The van der Waals surface area contributed by atoms with Crippen LogP contribution in [0, 0.1) is 6.92 Å². The molecule has 0 amide bonds. The van der Waals surface area contributed by atoms with Gasteiger partial charge in [0.25, 0.3) is 0 Å². The summed E-state index contributed by atoms with van der Waals surface area (Å²) in [6, 6.07) is 8.49. The number of nitrogens with two attached hydrogens (primary N) is 1. The van der Waals surface area contributed by atoms with Gasteiger partial charge in [0.05, 0.1) is 6.54 Å². The molecule has 0 saturated carbocycles. The van der Waals surface area contributed by atoms with Crippen molar-refractivity contribution in [3.8, 4) is 0 Å². The fourth-order valence-corrected chi connectivity index (χ4v) is 2.35. The SMILES string of the molecule is CCN(Cc1nnc(NN)s1)c1ccc(C)cc1. The fraction of sp³-hybridized carbons (Fsp3) is 0.333. The molecule has 0 radical (unpaired) electrons. The highest BCUT2D eigenvalue weighted by molar-refractivity contribution is 7.15. The van der Waals surface area contributed by atoms with Crippen LogP contribution in [0.5, 0.6) is 0 Å². The first-order chi connectivity index (χ1) is 8.72. The smallest absolute Gasteiger partial charge is 0.219 e. The highest BCUT2D eigenvalue weighted by atomic mass is 32.1. The van der Waals surface area contributed by atoms with Crippen LogP contribution in [0.4, 0.5) is 10.8 Å². The van der Waals surface area contributed by atoms with Crippen molar-refractivity contribution in [3.63, 3.8) is 0 Å². The summed E-state index contributed by atoms with van der Waals surface area (Å²) in [4.78, 5) is 2.25. The van der Waals surface area contributed by atoms with Crippen molar-refractivity contribution in [2.24, 2.45) is 5.84 Å². The van der Waals surface area contributed by atoms with Gasteiger partial charge in [-0.2, -0.15) is 0 Å². The predicted molar refractivity (Wildman–Crippen MR) is 75.6 cm³/mol. The summed E-state index contributed by atoms with van der Waals surface area (Å²) in [5.41, 5.74) is 4.97. The normalized spacial score (nSPS) is 10.4. The first kappa shape index (κ1) is 12.8. The molecular weight excluding hydrogens is 246 g/mol. The molecule has 0 spiro atoms. The van der Waals surface area contributed by atoms with Crippen molar-refractivity contribution >= 4 is 22.2 Å². The van der Waals surface area contributed by atoms with Crippen molar-refractivity contribution < 1.29 is 0 Å². The molecule has 18 heavy (non-hydrogen) atoms. The second-order valence-electron chi connectivity index (χ2n) is 4.00. The van der Waals surface area contributed by atoms with E-state index >= 15 is 0 Å². The number of hydrogen-bond acceptors (Lipinski definition) is 6. The summed E-state index contributed by atoms with van der Waals surface area (Å²) in [5, 5.41) is 9.63. The lowest BCUT2D eigenvalue weighted by molar-refractivity contribution is 0.811. The van der Waals surface area contributed by atoms with Crippen LogP contribution in [0.15, 0.2) is 24.3 Å². The van der Waals surface area contributed by atoms with Crippen molar-refractivity contribution in [1.82, 2.24) is 10.2 Å². The van der Waals surface area contributed by atoms with Gasteiger partial charge in [0.15, 0.2) is 0 Å². The molecule has 96 valence electrons. The van der Waals surface area contributed by atoms with E-state index in [-0.39, 0.29) is 0 Å². The third-order valence-electron chi connectivity index (χ3n) is 2.70. The number of benzene rings is 1. The van der Waals surface area contributed by atoms with Crippen molar-refractivity contribution in [1.29, 1.82) is 0 Å². The van der Waals surface area contributed by atoms with Gasteiger partial charge >= 0.3 is 0 Å². The van der Waals surface area contributed by atoms with Crippen LogP contribution in [0.1, 0.15) is 17.5 Å². The summed E-state index contributed by atoms with van der Waals surface area (Å²) >= 11 is 1.47. The van der Waals surface area contributed by atoms with Gasteiger partial charge in [0.2, 0.25) is 5.13 Å². The average molecular weight is 263 g/mol. The van der Waals surface area contributed by atoms with Crippen LogP contribution < -0.4 is 16.2 Å². The van der Waals surface area contributed by atoms with Crippen LogP contribution in [0.2, 0.25) is 0 Å². The molecule has 0 fully saturated rings. The van der Waals surface area contributed by atoms with E-state index < -0.39 is 0 Å². The molecular formula is C12H17N5S. The number of nitrogens with one attached hydrogen (secondary N) is 1. The number of aryl methyl sites for hydroxylation is 1. The number of hydrazine groups is 1. The zero-order chi connectivity index (χ0) is 13.0. The van der Waals surface area contributed by atoms with E-state index in [0.717, 1.165) is 18.1 Å². The van der Waals surface area contributed by atoms with Crippen molar-refractivity contribution in [3.05, 3.63) is 34.8 Å². The molecule has 0 aliphatic heterocycles. The lowest BCUT2D eigenvalue weighted by atomic mass is 10.2. The second-order valence-corrected chi connectivity index (χ2v) is 5.06. The van der Waals surface area contributed by atoms with Crippen LogP contribution in [0.3, 0.4) is 0 Å². The molecule has 0 unspecified atom stereocenters. The maximum Gasteiger partial charge on any atom is 0.219 e. The highest BCUT2D eigenvalue weighted by Gasteiger charge is 2.09. The Kier molecular flexibility index (Phi) is 4.11. The maximum absolute atomic E-state index is 5.30. The van der Waals surface area contributed by atoms with Gasteiger partial charge in [0, 0.05) is 12.2 Å². The van der Waals surface area contributed by atoms with Crippen molar-refractivity contribution in [2.75, 3.05) is 16.9 Å². The number of rotatable bonds is 5. The van der Waals surface area contributed by atoms with E-state index in [1.165, 1.54) is 22.6 Å². The third kappa shape index (κ3) is 2.96. The highest BCUT2D eigenvalue weighted by Crippen LogP contribution is 2.20. The first-order valence-corrected chi connectivity index (χ1v) is 6.65. The van der Waals surface area contributed by atoms with E-state index in [2.05, 4.69) is 58.6 Å². The lowest BCUT2D eigenvalue weighted by Crippen LogP contribution is -2.21. The molecule has 1 aromatic heterocycles. The topological polar surface area (TPSA) is 67.1 Å². The van der Waals surface area contributed by atoms with E-state index in [0.29, 0.717) is 5.13 Å². The number of nitrogens with zero attached hydrogens (tertiary/aromatic N) is 3. The number of hydrogen-bond donors (Lipinski definition) is 2. The minimum atomic E-state index is 0.643. The van der Waals surface area contributed by atoms with Crippen LogP contribution in [-0.4, -0.2) is 16.7 Å². The minimum absolute atomic E-state index is 0.643. The Morgan fingerprint density at radius 1 is 1.28 bits per heavy atom. The molecule has 0 atom stereocenters. The summed E-state index contributed by atoms with van der Waals surface area (Å²) < 4.78 is 0. The van der Waals surface area contributed by atoms with Gasteiger partial charge in [-0.25, -0.2) is 5.84 Å². The monoisotopic (exact) mass is 263 g/mol. The molecule has 2 rings (SSSR count). The summed E-state index contributed by atoms with van der Waals surface area (Å²) in [6.45, 7) is 5.89. The van der Waals surface area contributed by atoms with Gasteiger partial charge in [-0.15, -0.1) is 10.2 Å². The largest absolute Gasteiger partial charge is 0.365 e. The van der Waals surface area contributed by atoms with Gasteiger partial charge in [0.1, 0.15) is 5.01 Å². The molecule has 1 heterocycles. The number of aromatic nitrogens is 2. The molecule has 0 aliphatic rings. The van der Waals surface area contributed by atoms with E-state index in [1.54, 1.807) is 0 Å². The summed E-state index contributed by atoms with van der Waals surface area (Å²) in [7, 11) is 0. The number of anilines is 2. The van der Waals surface area contributed by atoms with E-state index in [4.69, 9.17) is 5.84 Å². The van der Waals surface area contributed by atoms with E-state index in [9.17, 15) is 0 Å². The van der Waals surface area contributed by atoms with Crippen LogP contribution in [-0.2, 0) is 6.54 Å². The first-order valence-electron chi connectivity index (χ1n) is 5.83. The minimum Gasteiger partial charge on any atom is -0.365 e. The van der Waals surface area contributed by atoms with Crippen molar-refractivity contribution in [2.45, 2.75) is 20.4 Å². The Hall–Kier alpha value is -1.66. The maximum atomic E-state index is 5.30. The molecule has 0 saturated heterocycles. The molecule has 0 bridgehead atoms. The average Bonchev–Trinajstić information content (AvgIpc) is 2.85. The molecule has 5 nitrogen and oxygen atoms in total. The molecule has 0 aliphatic carbocycles. The molecule has 6 heteroatoms. The van der Waals surface area contributed by atoms with Gasteiger partial charge in [-0.3, -0.25) is 5.43 Å². The Morgan fingerprint density at radius 3 is 2.56 bits per heavy atom. The predicted octanol–water partition coefficient (Wildman–Crippen LogP) is 2.16. The Bertz CT molecular complexity index is 493. The van der Waals surface area contributed by atoms with E-state index in [1.807, 2.05) is 0 Å². The number of nitrogen functional groups attached to an aromatic ring is 1. The standard InChI is InChI=1S/C12H17N5S/c1-3-17(10-6-4-9(2)5-7-10)8-11-15-16-12(14-13)18-11/h4-7H,3,8,13H2,1-2H3,(H,14,16). The van der Waals surface area contributed by atoms with Crippen LogP contribution in [0.25, 0.3) is 0 Å². The fourth-order valence-electron chi connectivity index (χ4n) is 1.68. The Labute approximate surface area is 111 Å². The lowest BCUT2D eigenvalue weighted by Gasteiger charge is -2.21. The quantitative estimate of drug-likeness (QED) is 0.639. The molecule has 2 aromatic rings. The summed E-state index contributed by atoms with van der Waals surface area (Å²) in [6.07, 6.45) is 0. The van der Waals surface area contributed by atoms with Crippen LogP contribution >= 0.6 is 11.3 Å². The Morgan fingerprint density at radius 2 is 2.00 bits per heavy atom. The second kappa shape index (κ2) is 5.79. The molecule has 1 aromatic carbocycles. The molecule has 3 N–H and O–H groups in total. The van der Waals surface area contributed by atoms with Gasteiger partial charge in [-0.1, -0.05) is 29.0 Å².